The van der Waals surface area contributed by atoms with Gasteiger partial charge < -0.3 is 14.0 Å². The van der Waals surface area contributed by atoms with Crippen LogP contribution in [-0.4, -0.2) is 37.8 Å². The molecule has 0 radical (unpaired) electrons. The summed E-state index contributed by atoms with van der Waals surface area (Å²) in [7, 11) is 1.64. The Morgan fingerprint density at radius 1 is 1.43 bits per heavy atom. The smallest absolute Gasteiger partial charge is 0.151 e. The van der Waals surface area contributed by atoms with Crippen molar-refractivity contribution in [3.8, 4) is 0 Å². The summed E-state index contributed by atoms with van der Waals surface area (Å²) in [5, 5.41) is 0. The topological polar surface area (TPSA) is 40.5 Å². The maximum Gasteiger partial charge on any atom is 0.151 e. The van der Waals surface area contributed by atoms with Crippen molar-refractivity contribution in [1.29, 1.82) is 0 Å². The summed E-state index contributed by atoms with van der Waals surface area (Å²) in [6.07, 6.45) is 4.50. The first-order valence-corrected chi connectivity index (χ1v) is 4.54. The minimum atomic E-state index is 0.609. The van der Waals surface area contributed by atoms with E-state index < -0.39 is 0 Å². The molecule has 0 spiro atoms. The molecule has 0 unspecified atom stereocenters. The van der Waals surface area contributed by atoms with Crippen molar-refractivity contribution < 1.29 is 14.3 Å². The van der Waals surface area contributed by atoms with Crippen LogP contribution in [0.1, 0.15) is 10.4 Å². The van der Waals surface area contributed by atoms with Gasteiger partial charge in [-0.15, -0.1) is 0 Å². The summed E-state index contributed by atoms with van der Waals surface area (Å²) in [4.78, 5) is 10.4. The quantitative estimate of drug-likeness (QED) is 0.483. The zero-order chi connectivity index (χ0) is 10.2. The highest BCUT2D eigenvalue weighted by Gasteiger charge is 1.94. The monoisotopic (exact) mass is 197 g/mol. The third-order valence-electron chi connectivity index (χ3n) is 1.84. The van der Waals surface area contributed by atoms with E-state index in [0.29, 0.717) is 25.4 Å². The van der Waals surface area contributed by atoms with E-state index in [-0.39, 0.29) is 0 Å². The molecule has 78 valence electrons. The van der Waals surface area contributed by atoms with Gasteiger partial charge in [0.1, 0.15) is 0 Å². The fourth-order valence-corrected chi connectivity index (χ4v) is 1.08. The van der Waals surface area contributed by atoms with Crippen LogP contribution in [-0.2, 0) is 16.0 Å². The predicted octanol–water partition coefficient (Wildman–Crippen LogP) is 0.964. The van der Waals surface area contributed by atoms with E-state index >= 15 is 0 Å². The highest BCUT2D eigenvalue weighted by molar-refractivity contribution is 5.74. The molecular formula is C10H15NO3. The maximum atomic E-state index is 10.4. The SMILES string of the molecule is COCCOCCn1ccc(C=O)c1. The van der Waals surface area contributed by atoms with Crippen molar-refractivity contribution in [2.75, 3.05) is 26.9 Å². The second-order valence-corrected chi connectivity index (χ2v) is 2.91. The zero-order valence-corrected chi connectivity index (χ0v) is 8.31. The molecule has 0 aromatic carbocycles. The van der Waals surface area contributed by atoms with Gasteiger partial charge in [-0.25, -0.2) is 0 Å². The van der Waals surface area contributed by atoms with Crippen molar-refractivity contribution in [1.82, 2.24) is 4.57 Å². The number of hydrogen-bond donors (Lipinski definition) is 0. The second kappa shape index (κ2) is 6.34. The molecule has 0 aliphatic heterocycles. The van der Waals surface area contributed by atoms with E-state index in [4.69, 9.17) is 9.47 Å². The summed E-state index contributed by atoms with van der Waals surface area (Å²) in [5.41, 5.74) is 0.696. The van der Waals surface area contributed by atoms with Gasteiger partial charge in [0, 0.05) is 31.6 Å². The Labute approximate surface area is 83.4 Å². The number of carbonyl (C=O) groups excluding carboxylic acids is 1. The molecule has 1 aromatic heterocycles. The summed E-state index contributed by atoms with van der Waals surface area (Å²) in [5.74, 6) is 0. The Morgan fingerprint density at radius 3 is 2.93 bits per heavy atom. The molecule has 0 N–H and O–H groups in total. The molecular weight excluding hydrogens is 182 g/mol. The van der Waals surface area contributed by atoms with E-state index in [0.717, 1.165) is 12.8 Å². The third-order valence-corrected chi connectivity index (χ3v) is 1.84. The average molecular weight is 197 g/mol. The van der Waals surface area contributed by atoms with Crippen LogP contribution < -0.4 is 0 Å². The van der Waals surface area contributed by atoms with Gasteiger partial charge in [0.15, 0.2) is 6.29 Å². The molecule has 0 saturated carbocycles. The Kier molecular flexibility index (Phi) is 4.96. The fraction of sp³-hybridized carbons (Fsp3) is 0.500. The summed E-state index contributed by atoms with van der Waals surface area (Å²) >= 11 is 0. The van der Waals surface area contributed by atoms with Crippen LogP contribution in [0.4, 0.5) is 0 Å². The molecule has 4 heteroatoms. The fourth-order valence-electron chi connectivity index (χ4n) is 1.08. The van der Waals surface area contributed by atoms with E-state index in [2.05, 4.69) is 0 Å². The molecule has 1 rings (SSSR count). The minimum Gasteiger partial charge on any atom is -0.382 e. The lowest BCUT2D eigenvalue weighted by Crippen LogP contribution is -2.08. The lowest BCUT2D eigenvalue weighted by molar-refractivity contribution is 0.0666. The molecule has 4 nitrogen and oxygen atoms in total. The van der Waals surface area contributed by atoms with Gasteiger partial charge in [0.25, 0.3) is 0 Å². The lowest BCUT2D eigenvalue weighted by Gasteiger charge is -2.04. The number of hydrogen-bond acceptors (Lipinski definition) is 3. The molecule has 0 fully saturated rings. The Hall–Kier alpha value is -1.13. The van der Waals surface area contributed by atoms with Gasteiger partial charge in [0.05, 0.1) is 19.8 Å². The van der Waals surface area contributed by atoms with Crippen LogP contribution in [0.2, 0.25) is 0 Å². The van der Waals surface area contributed by atoms with Crippen molar-refractivity contribution in [3.05, 3.63) is 24.0 Å². The molecule has 0 aliphatic rings. The Bertz CT molecular complexity index is 270. The first kappa shape index (κ1) is 10.9. The molecule has 14 heavy (non-hydrogen) atoms. The average Bonchev–Trinajstić information content (AvgIpc) is 2.65. The first-order chi connectivity index (χ1) is 6.86. The number of nitrogens with zero attached hydrogens (tertiary/aromatic N) is 1. The van der Waals surface area contributed by atoms with Crippen LogP contribution in [0, 0.1) is 0 Å². The summed E-state index contributed by atoms with van der Waals surface area (Å²) in [6, 6.07) is 1.78. The first-order valence-electron chi connectivity index (χ1n) is 4.54. The number of methoxy groups -OCH3 is 1. The van der Waals surface area contributed by atoms with E-state index in [1.165, 1.54) is 0 Å². The van der Waals surface area contributed by atoms with Gasteiger partial charge >= 0.3 is 0 Å². The number of rotatable bonds is 7. The maximum absolute atomic E-state index is 10.4. The number of aldehydes is 1. The normalized spacial score (nSPS) is 10.4. The van der Waals surface area contributed by atoms with Crippen molar-refractivity contribution >= 4 is 6.29 Å². The Balaban J connectivity index is 2.14. The Morgan fingerprint density at radius 2 is 2.29 bits per heavy atom. The van der Waals surface area contributed by atoms with E-state index in [9.17, 15) is 4.79 Å². The van der Waals surface area contributed by atoms with Crippen molar-refractivity contribution in [2.45, 2.75) is 6.54 Å². The molecule has 0 atom stereocenters. The molecule has 0 saturated heterocycles. The van der Waals surface area contributed by atoms with Crippen LogP contribution >= 0.6 is 0 Å². The van der Waals surface area contributed by atoms with Crippen molar-refractivity contribution in [2.24, 2.45) is 0 Å². The molecule has 1 aromatic rings. The van der Waals surface area contributed by atoms with E-state index in [1.807, 2.05) is 10.8 Å². The van der Waals surface area contributed by atoms with Crippen LogP contribution in [0.3, 0.4) is 0 Å². The van der Waals surface area contributed by atoms with Crippen molar-refractivity contribution in [3.63, 3.8) is 0 Å². The number of carbonyl (C=O) groups is 1. The number of ether oxygens (including phenoxy) is 2. The zero-order valence-electron chi connectivity index (χ0n) is 8.31. The molecule has 0 bridgehead atoms. The summed E-state index contributed by atoms with van der Waals surface area (Å²) < 4.78 is 12.1. The number of aromatic nitrogens is 1. The minimum absolute atomic E-state index is 0.609. The van der Waals surface area contributed by atoms with Crippen LogP contribution in [0.25, 0.3) is 0 Å². The van der Waals surface area contributed by atoms with Crippen LogP contribution in [0.15, 0.2) is 18.5 Å². The highest BCUT2D eigenvalue weighted by atomic mass is 16.5. The van der Waals surface area contributed by atoms with Gasteiger partial charge in [0.2, 0.25) is 0 Å². The molecule has 1 heterocycles. The molecule has 0 amide bonds. The third kappa shape index (κ3) is 3.72. The standard InChI is InChI=1S/C10H15NO3/c1-13-6-7-14-5-4-11-3-2-10(8-11)9-12/h2-3,8-9H,4-7H2,1H3. The van der Waals surface area contributed by atoms with Crippen LogP contribution in [0.5, 0.6) is 0 Å². The predicted molar refractivity (Wildman–Crippen MR) is 52.5 cm³/mol. The molecule has 0 aliphatic carbocycles. The second-order valence-electron chi connectivity index (χ2n) is 2.91. The van der Waals surface area contributed by atoms with Gasteiger partial charge in [-0.3, -0.25) is 4.79 Å². The van der Waals surface area contributed by atoms with Gasteiger partial charge in [-0.05, 0) is 6.07 Å². The largest absolute Gasteiger partial charge is 0.382 e. The van der Waals surface area contributed by atoms with E-state index in [1.54, 1.807) is 19.4 Å². The van der Waals surface area contributed by atoms with Gasteiger partial charge in [-0.1, -0.05) is 0 Å². The lowest BCUT2D eigenvalue weighted by atomic mass is 10.4. The van der Waals surface area contributed by atoms with Gasteiger partial charge in [-0.2, -0.15) is 0 Å². The highest BCUT2D eigenvalue weighted by Crippen LogP contribution is 1.97. The summed E-state index contributed by atoms with van der Waals surface area (Å²) in [6.45, 7) is 2.62.